The first kappa shape index (κ1) is 28.5. The molecular formula is C26H36N4O6S2. The van der Waals surface area contributed by atoms with Gasteiger partial charge in [0, 0.05) is 45.0 Å². The lowest BCUT2D eigenvalue weighted by Crippen LogP contribution is -2.47. The monoisotopic (exact) mass is 564 g/mol. The summed E-state index contributed by atoms with van der Waals surface area (Å²) >= 11 is 0. The molecule has 38 heavy (non-hydrogen) atoms. The molecule has 12 heteroatoms. The quantitative estimate of drug-likeness (QED) is 0.523. The number of sulfonamides is 2. The van der Waals surface area contributed by atoms with Crippen LogP contribution in [0.15, 0.2) is 52.3 Å². The average Bonchev–Trinajstić information content (AvgIpc) is 2.90. The van der Waals surface area contributed by atoms with Gasteiger partial charge in [-0.05, 0) is 81.8 Å². The Labute approximate surface area is 225 Å². The van der Waals surface area contributed by atoms with Crippen molar-refractivity contribution in [2.75, 3.05) is 58.2 Å². The van der Waals surface area contributed by atoms with Crippen LogP contribution in [0.2, 0.25) is 0 Å². The van der Waals surface area contributed by atoms with Crippen LogP contribution in [0.4, 0.5) is 5.69 Å². The highest BCUT2D eigenvalue weighted by molar-refractivity contribution is 7.89. The number of carbonyl (C=O) groups excluding carboxylic acids is 1. The van der Waals surface area contributed by atoms with Crippen molar-refractivity contribution in [3.05, 3.63) is 48.0 Å². The minimum atomic E-state index is -3.77. The first-order valence-electron chi connectivity index (χ1n) is 12.9. The Hall–Kier alpha value is -2.51. The molecule has 0 unspecified atom stereocenters. The molecule has 2 aromatic rings. The van der Waals surface area contributed by atoms with Crippen molar-refractivity contribution in [1.82, 2.24) is 13.5 Å². The number of ether oxygens (including phenoxy) is 1. The fourth-order valence-corrected chi connectivity index (χ4v) is 7.79. The second-order valence-electron chi connectivity index (χ2n) is 9.78. The van der Waals surface area contributed by atoms with E-state index < -0.39 is 26.0 Å². The highest BCUT2D eigenvalue weighted by Gasteiger charge is 2.34. The normalized spacial score (nSPS) is 20.2. The maximum absolute atomic E-state index is 13.3. The summed E-state index contributed by atoms with van der Waals surface area (Å²) in [5, 5.41) is 2.83. The van der Waals surface area contributed by atoms with E-state index in [1.54, 1.807) is 31.2 Å². The summed E-state index contributed by atoms with van der Waals surface area (Å²) in [7, 11) is -5.40. The zero-order valence-corrected chi connectivity index (χ0v) is 23.7. The number of likely N-dealkylation sites (N-methyl/N-ethyl adjacent to an activating group) is 1. The van der Waals surface area contributed by atoms with Gasteiger partial charge >= 0.3 is 0 Å². The predicted octanol–water partition coefficient (Wildman–Crippen LogP) is 2.37. The number of aryl methyl sites for hydroxylation is 1. The minimum absolute atomic E-state index is 0.0797. The number of rotatable bonds is 8. The molecule has 2 aliphatic heterocycles. The van der Waals surface area contributed by atoms with Crippen LogP contribution >= 0.6 is 0 Å². The van der Waals surface area contributed by atoms with E-state index in [0.717, 1.165) is 5.56 Å². The second-order valence-corrected chi connectivity index (χ2v) is 13.7. The Morgan fingerprint density at radius 1 is 0.921 bits per heavy atom. The lowest BCUT2D eigenvalue weighted by atomic mass is 9.99. The summed E-state index contributed by atoms with van der Waals surface area (Å²) in [5.41, 5.74) is 1.20. The molecule has 0 spiro atoms. The van der Waals surface area contributed by atoms with E-state index in [-0.39, 0.29) is 22.2 Å². The van der Waals surface area contributed by atoms with Crippen LogP contribution in [-0.4, -0.2) is 89.2 Å². The molecule has 0 aliphatic carbocycles. The summed E-state index contributed by atoms with van der Waals surface area (Å²) in [6, 6.07) is 10.9. The SMILES string of the molecule is CCOc1ccc(S(=O)(=O)N2CCC[C@H](C(=O)Nc3ccc(S(=O)(=O)N4CCN(C)CC4)cc3)C2)cc1C. The molecule has 0 aromatic heterocycles. The first-order chi connectivity index (χ1) is 18.0. The number of piperidine rings is 1. The third kappa shape index (κ3) is 6.20. The largest absolute Gasteiger partial charge is 0.494 e. The van der Waals surface area contributed by atoms with Crippen LogP contribution in [-0.2, 0) is 24.8 Å². The summed E-state index contributed by atoms with van der Waals surface area (Å²) in [4.78, 5) is 15.5. The lowest BCUT2D eigenvalue weighted by Gasteiger charge is -2.31. The van der Waals surface area contributed by atoms with E-state index in [1.165, 1.54) is 26.8 Å². The number of piperazine rings is 1. The van der Waals surface area contributed by atoms with Gasteiger partial charge < -0.3 is 15.0 Å². The van der Waals surface area contributed by atoms with Crippen LogP contribution < -0.4 is 10.1 Å². The van der Waals surface area contributed by atoms with Gasteiger partial charge in [-0.1, -0.05) is 0 Å². The standard InChI is InChI=1S/C26H36N4O6S2/c1-4-36-25-12-11-24(18-20(25)2)38(34,35)30-13-5-6-21(19-30)26(31)27-22-7-9-23(10-8-22)37(32,33)29-16-14-28(3)15-17-29/h7-12,18,21H,4-6,13-17,19H2,1-3H3,(H,27,31)/t21-/m0/s1. The number of carbonyl (C=O) groups is 1. The Bertz CT molecular complexity index is 1350. The fraction of sp³-hybridized carbons (Fsp3) is 0.500. The highest BCUT2D eigenvalue weighted by atomic mass is 32.2. The van der Waals surface area contributed by atoms with E-state index in [0.29, 0.717) is 63.6 Å². The molecule has 0 bridgehead atoms. The van der Waals surface area contributed by atoms with E-state index in [4.69, 9.17) is 4.74 Å². The molecule has 0 radical (unpaired) electrons. The van der Waals surface area contributed by atoms with Crippen molar-refractivity contribution in [1.29, 1.82) is 0 Å². The van der Waals surface area contributed by atoms with E-state index in [2.05, 4.69) is 10.2 Å². The molecular weight excluding hydrogens is 528 g/mol. The molecule has 2 fully saturated rings. The Morgan fingerprint density at radius 2 is 1.55 bits per heavy atom. The topological polar surface area (TPSA) is 116 Å². The van der Waals surface area contributed by atoms with Crippen LogP contribution in [0.1, 0.15) is 25.3 Å². The Kier molecular flexibility index (Phi) is 8.78. The number of nitrogens with zero attached hydrogens (tertiary/aromatic N) is 3. The molecule has 10 nitrogen and oxygen atoms in total. The van der Waals surface area contributed by atoms with Crippen molar-refractivity contribution in [2.24, 2.45) is 5.92 Å². The van der Waals surface area contributed by atoms with Crippen molar-refractivity contribution in [3.63, 3.8) is 0 Å². The molecule has 2 aromatic carbocycles. The minimum Gasteiger partial charge on any atom is -0.494 e. The van der Waals surface area contributed by atoms with Crippen molar-refractivity contribution < 1.29 is 26.4 Å². The number of anilines is 1. The van der Waals surface area contributed by atoms with Crippen molar-refractivity contribution in [2.45, 2.75) is 36.5 Å². The van der Waals surface area contributed by atoms with Gasteiger partial charge in [0.2, 0.25) is 26.0 Å². The van der Waals surface area contributed by atoms with E-state index >= 15 is 0 Å². The Balaban J connectivity index is 1.40. The number of benzene rings is 2. The van der Waals surface area contributed by atoms with Crippen LogP contribution in [0.5, 0.6) is 5.75 Å². The van der Waals surface area contributed by atoms with Gasteiger partial charge in [-0.3, -0.25) is 4.79 Å². The molecule has 2 saturated heterocycles. The van der Waals surface area contributed by atoms with E-state index in [1.807, 2.05) is 14.0 Å². The number of amides is 1. The average molecular weight is 565 g/mol. The fourth-order valence-electron chi connectivity index (χ4n) is 4.76. The van der Waals surface area contributed by atoms with E-state index in [9.17, 15) is 21.6 Å². The van der Waals surface area contributed by atoms with Crippen LogP contribution in [0.25, 0.3) is 0 Å². The zero-order chi connectivity index (χ0) is 27.5. The van der Waals surface area contributed by atoms with Gasteiger partial charge in [-0.2, -0.15) is 8.61 Å². The van der Waals surface area contributed by atoms with Gasteiger partial charge in [-0.15, -0.1) is 0 Å². The first-order valence-corrected chi connectivity index (χ1v) is 15.7. The molecule has 1 N–H and O–H groups in total. The maximum Gasteiger partial charge on any atom is 0.243 e. The van der Waals surface area contributed by atoms with Crippen LogP contribution in [0, 0.1) is 12.8 Å². The van der Waals surface area contributed by atoms with Crippen LogP contribution in [0.3, 0.4) is 0 Å². The molecule has 1 amide bonds. The number of hydrogen-bond acceptors (Lipinski definition) is 7. The summed E-state index contributed by atoms with van der Waals surface area (Å²) in [6.07, 6.45) is 1.13. The number of nitrogens with one attached hydrogen (secondary N) is 1. The molecule has 0 saturated carbocycles. The lowest BCUT2D eigenvalue weighted by molar-refractivity contribution is -0.120. The van der Waals surface area contributed by atoms with Gasteiger partial charge in [0.1, 0.15) is 5.75 Å². The third-order valence-corrected chi connectivity index (χ3v) is 10.8. The molecule has 4 rings (SSSR count). The molecule has 1 atom stereocenters. The van der Waals surface area contributed by atoms with Crippen molar-refractivity contribution in [3.8, 4) is 5.75 Å². The van der Waals surface area contributed by atoms with Gasteiger partial charge in [0.25, 0.3) is 0 Å². The summed E-state index contributed by atoms with van der Waals surface area (Å²) < 4.78 is 60.9. The number of hydrogen-bond donors (Lipinski definition) is 1. The highest BCUT2D eigenvalue weighted by Crippen LogP contribution is 2.28. The molecule has 2 aliphatic rings. The zero-order valence-electron chi connectivity index (χ0n) is 22.1. The predicted molar refractivity (Wildman–Crippen MR) is 145 cm³/mol. The van der Waals surface area contributed by atoms with Gasteiger partial charge in [-0.25, -0.2) is 16.8 Å². The summed E-state index contributed by atoms with van der Waals surface area (Å²) in [6.45, 7) is 6.83. The van der Waals surface area contributed by atoms with Crippen molar-refractivity contribution >= 4 is 31.6 Å². The molecule has 2 heterocycles. The molecule has 208 valence electrons. The third-order valence-electron chi connectivity index (χ3n) is 7.06. The van der Waals surface area contributed by atoms with Gasteiger partial charge in [0.05, 0.1) is 22.3 Å². The second kappa shape index (κ2) is 11.7. The summed E-state index contributed by atoms with van der Waals surface area (Å²) in [5.74, 6) is -0.164. The maximum atomic E-state index is 13.3. The Morgan fingerprint density at radius 3 is 2.18 bits per heavy atom. The van der Waals surface area contributed by atoms with Gasteiger partial charge in [0.15, 0.2) is 0 Å². The smallest absolute Gasteiger partial charge is 0.243 e.